The summed E-state index contributed by atoms with van der Waals surface area (Å²) in [7, 11) is 1.60. The summed E-state index contributed by atoms with van der Waals surface area (Å²) in [6.45, 7) is 2.50. The summed E-state index contributed by atoms with van der Waals surface area (Å²) in [6.07, 6.45) is 3.60. The number of amides is 2. The largest absolute Gasteiger partial charge is 0.496 e. The highest BCUT2D eigenvalue weighted by molar-refractivity contribution is 6.13. The minimum absolute atomic E-state index is 0.227. The van der Waals surface area contributed by atoms with Gasteiger partial charge in [0.25, 0.3) is 0 Å². The normalized spacial score (nSPS) is 16.9. The van der Waals surface area contributed by atoms with Crippen molar-refractivity contribution >= 4 is 23.2 Å². The summed E-state index contributed by atoms with van der Waals surface area (Å²) in [5.41, 5.74) is 1.82. The fourth-order valence-electron chi connectivity index (χ4n) is 3.86. The van der Waals surface area contributed by atoms with Crippen molar-refractivity contribution in [1.82, 2.24) is 5.32 Å². The summed E-state index contributed by atoms with van der Waals surface area (Å²) in [5.74, 6) is 0.263. The van der Waals surface area contributed by atoms with E-state index >= 15 is 0 Å². The molecular formula is C23H27N3O3. The van der Waals surface area contributed by atoms with Crippen LogP contribution in [0, 0.1) is 5.41 Å². The molecule has 2 aliphatic rings. The number of methoxy groups -OCH3 is 1. The lowest BCUT2D eigenvalue weighted by molar-refractivity contribution is -0.134. The number of hydrogen-bond acceptors (Lipinski definition) is 4. The van der Waals surface area contributed by atoms with E-state index in [0.717, 1.165) is 30.1 Å². The van der Waals surface area contributed by atoms with Crippen LogP contribution in [0.3, 0.4) is 0 Å². The molecule has 2 aromatic rings. The molecule has 2 fully saturated rings. The van der Waals surface area contributed by atoms with Crippen LogP contribution < -0.4 is 20.3 Å². The Labute approximate surface area is 171 Å². The zero-order chi connectivity index (χ0) is 20.3. The molecule has 2 amide bonds. The molecule has 0 atom stereocenters. The fourth-order valence-corrected chi connectivity index (χ4v) is 3.86. The Balaban J connectivity index is 1.35. The van der Waals surface area contributed by atoms with Crippen LogP contribution in [0.4, 0.5) is 11.4 Å². The van der Waals surface area contributed by atoms with Gasteiger partial charge in [-0.3, -0.25) is 9.59 Å². The second kappa shape index (κ2) is 8.15. The molecule has 1 aliphatic heterocycles. The predicted molar refractivity (Wildman–Crippen MR) is 113 cm³/mol. The maximum Gasteiger partial charge on any atom is 0.240 e. The minimum Gasteiger partial charge on any atom is -0.496 e. The van der Waals surface area contributed by atoms with E-state index in [1.54, 1.807) is 7.11 Å². The standard InChI is InChI=1S/C23H27N3O3/c1-29-20-7-3-2-6-17(20)16-24-21(27)23(12-13-23)22(28)25-18-8-10-19(11-9-18)26-14-4-5-15-26/h2-3,6-11H,4-5,12-16H2,1H3,(H,24,27)(H,25,28). The molecule has 1 saturated carbocycles. The van der Waals surface area contributed by atoms with E-state index < -0.39 is 5.41 Å². The highest BCUT2D eigenvalue weighted by Crippen LogP contribution is 2.47. The highest BCUT2D eigenvalue weighted by atomic mass is 16.5. The third kappa shape index (κ3) is 4.06. The highest BCUT2D eigenvalue weighted by Gasteiger charge is 2.56. The first kappa shape index (κ1) is 19.3. The van der Waals surface area contributed by atoms with E-state index in [1.165, 1.54) is 18.5 Å². The first-order chi connectivity index (χ1) is 14.1. The van der Waals surface area contributed by atoms with E-state index in [1.807, 2.05) is 48.5 Å². The van der Waals surface area contributed by atoms with Crippen molar-refractivity contribution in [2.75, 3.05) is 30.4 Å². The molecular weight excluding hydrogens is 366 g/mol. The molecule has 0 unspecified atom stereocenters. The van der Waals surface area contributed by atoms with Gasteiger partial charge >= 0.3 is 0 Å². The second-order valence-electron chi connectivity index (χ2n) is 7.77. The predicted octanol–water partition coefficient (Wildman–Crippen LogP) is 3.33. The molecule has 0 spiro atoms. The van der Waals surface area contributed by atoms with Crippen LogP contribution in [0.1, 0.15) is 31.2 Å². The van der Waals surface area contributed by atoms with Crippen molar-refractivity contribution in [3.63, 3.8) is 0 Å². The van der Waals surface area contributed by atoms with Gasteiger partial charge in [-0.25, -0.2) is 0 Å². The van der Waals surface area contributed by atoms with Crippen molar-refractivity contribution in [2.24, 2.45) is 5.41 Å². The number of hydrogen-bond donors (Lipinski definition) is 2. The monoisotopic (exact) mass is 393 g/mol. The molecule has 1 saturated heterocycles. The van der Waals surface area contributed by atoms with Crippen LogP contribution in [0.15, 0.2) is 48.5 Å². The van der Waals surface area contributed by atoms with E-state index in [0.29, 0.717) is 19.4 Å². The summed E-state index contributed by atoms with van der Waals surface area (Å²) < 4.78 is 5.32. The van der Waals surface area contributed by atoms with Crippen molar-refractivity contribution in [2.45, 2.75) is 32.2 Å². The molecule has 152 valence electrons. The fraction of sp³-hybridized carbons (Fsp3) is 0.391. The molecule has 0 radical (unpaired) electrons. The summed E-state index contributed by atoms with van der Waals surface area (Å²) in [4.78, 5) is 27.9. The number of nitrogens with one attached hydrogen (secondary N) is 2. The van der Waals surface area contributed by atoms with Gasteiger partial charge in [-0.15, -0.1) is 0 Å². The van der Waals surface area contributed by atoms with E-state index in [9.17, 15) is 9.59 Å². The van der Waals surface area contributed by atoms with Gasteiger partial charge < -0.3 is 20.3 Å². The molecule has 1 heterocycles. The lowest BCUT2D eigenvalue weighted by Crippen LogP contribution is -2.39. The van der Waals surface area contributed by atoms with Gasteiger partial charge in [0, 0.05) is 36.6 Å². The number of anilines is 2. The van der Waals surface area contributed by atoms with Gasteiger partial charge in [-0.2, -0.15) is 0 Å². The van der Waals surface area contributed by atoms with Crippen LogP contribution in [-0.2, 0) is 16.1 Å². The quantitative estimate of drug-likeness (QED) is 0.708. The van der Waals surface area contributed by atoms with E-state index in [4.69, 9.17) is 4.74 Å². The molecule has 4 rings (SSSR count). The van der Waals surface area contributed by atoms with Crippen LogP contribution in [-0.4, -0.2) is 32.0 Å². The SMILES string of the molecule is COc1ccccc1CNC(=O)C1(C(=O)Nc2ccc(N3CCCC3)cc2)CC1. The zero-order valence-electron chi connectivity index (χ0n) is 16.7. The van der Waals surface area contributed by atoms with Crippen molar-refractivity contribution < 1.29 is 14.3 Å². The Hall–Kier alpha value is -3.02. The Morgan fingerprint density at radius 2 is 1.69 bits per heavy atom. The van der Waals surface area contributed by atoms with Crippen molar-refractivity contribution in [3.05, 3.63) is 54.1 Å². The van der Waals surface area contributed by atoms with Crippen molar-refractivity contribution in [1.29, 1.82) is 0 Å². The third-order valence-electron chi connectivity index (χ3n) is 5.85. The average Bonchev–Trinajstić information content (AvgIpc) is 3.40. The average molecular weight is 393 g/mol. The molecule has 29 heavy (non-hydrogen) atoms. The number of ether oxygens (including phenoxy) is 1. The Kier molecular flexibility index (Phi) is 5.43. The maximum atomic E-state index is 12.8. The third-order valence-corrected chi connectivity index (χ3v) is 5.85. The molecule has 0 bridgehead atoms. The van der Waals surface area contributed by atoms with Crippen LogP contribution in [0.25, 0.3) is 0 Å². The summed E-state index contributed by atoms with van der Waals surface area (Å²) in [6, 6.07) is 15.4. The van der Waals surface area contributed by atoms with Gasteiger partial charge in [0.05, 0.1) is 7.11 Å². The first-order valence-corrected chi connectivity index (χ1v) is 10.2. The summed E-state index contributed by atoms with van der Waals surface area (Å²) >= 11 is 0. The zero-order valence-corrected chi connectivity index (χ0v) is 16.7. The Morgan fingerprint density at radius 1 is 1.00 bits per heavy atom. The molecule has 1 aliphatic carbocycles. The topological polar surface area (TPSA) is 70.7 Å². The Bertz CT molecular complexity index is 884. The number of benzene rings is 2. The van der Waals surface area contributed by atoms with E-state index in [2.05, 4.69) is 15.5 Å². The minimum atomic E-state index is -0.963. The number of carbonyl (C=O) groups is 2. The number of carbonyl (C=O) groups excluding carboxylic acids is 2. The smallest absolute Gasteiger partial charge is 0.240 e. The number of rotatable bonds is 7. The number of para-hydroxylation sites is 1. The van der Waals surface area contributed by atoms with Crippen LogP contribution in [0.2, 0.25) is 0 Å². The lowest BCUT2D eigenvalue weighted by Gasteiger charge is -2.19. The van der Waals surface area contributed by atoms with Gasteiger partial charge in [-0.05, 0) is 56.0 Å². The van der Waals surface area contributed by atoms with Gasteiger partial charge in [0.2, 0.25) is 11.8 Å². The van der Waals surface area contributed by atoms with Crippen LogP contribution >= 0.6 is 0 Å². The Morgan fingerprint density at radius 3 is 2.34 bits per heavy atom. The molecule has 6 nitrogen and oxygen atoms in total. The maximum absolute atomic E-state index is 12.8. The molecule has 6 heteroatoms. The lowest BCUT2D eigenvalue weighted by atomic mass is 10.0. The van der Waals surface area contributed by atoms with Gasteiger partial charge in [0.15, 0.2) is 0 Å². The van der Waals surface area contributed by atoms with Gasteiger partial charge in [0.1, 0.15) is 11.2 Å². The molecule has 0 aromatic heterocycles. The first-order valence-electron chi connectivity index (χ1n) is 10.2. The van der Waals surface area contributed by atoms with E-state index in [-0.39, 0.29) is 11.8 Å². The molecule has 2 aromatic carbocycles. The van der Waals surface area contributed by atoms with Crippen LogP contribution in [0.5, 0.6) is 5.75 Å². The number of nitrogens with zero attached hydrogens (tertiary/aromatic N) is 1. The second-order valence-corrected chi connectivity index (χ2v) is 7.77. The summed E-state index contributed by atoms with van der Waals surface area (Å²) in [5, 5.41) is 5.82. The van der Waals surface area contributed by atoms with Crippen molar-refractivity contribution in [3.8, 4) is 5.75 Å². The molecule has 2 N–H and O–H groups in total. The van der Waals surface area contributed by atoms with Gasteiger partial charge in [-0.1, -0.05) is 18.2 Å².